The van der Waals surface area contributed by atoms with E-state index in [-0.39, 0.29) is 11.8 Å². The summed E-state index contributed by atoms with van der Waals surface area (Å²) >= 11 is 4.88. The maximum absolute atomic E-state index is 12.0. The van der Waals surface area contributed by atoms with Gasteiger partial charge in [0.25, 0.3) is 0 Å². The second-order valence-electron chi connectivity index (χ2n) is 5.51. The van der Waals surface area contributed by atoms with Gasteiger partial charge < -0.3 is 15.4 Å². The summed E-state index contributed by atoms with van der Waals surface area (Å²) in [5.41, 5.74) is 1.43. The van der Waals surface area contributed by atoms with E-state index < -0.39 is 0 Å². The molecule has 0 aliphatic carbocycles. The Morgan fingerprint density at radius 3 is 3.00 bits per heavy atom. The molecule has 0 unspecified atom stereocenters. The zero-order chi connectivity index (χ0) is 17.6. The van der Waals surface area contributed by atoms with E-state index in [1.165, 1.54) is 11.8 Å². The van der Waals surface area contributed by atoms with E-state index in [0.29, 0.717) is 30.9 Å². The molecule has 0 aromatic heterocycles. The first kappa shape index (κ1) is 17.8. The minimum atomic E-state index is -0.0763. The van der Waals surface area contributed by atoms with Crippen molar-refractivity contribution < 1.29 is 14.3 Å². The van der Waals surface area contributed by atoms with Gasteiger partial charge in [-0.1, -0.05) is 22.0 Å². The molecule has 1 heterocycles. The van der Waals surface area contributed by atoms with Crippen molar-refractivity contribution in [3.63, 3.8) is 0 Å². The number of hydrogen-bond donors (Lipinski definition) is 2. The van der Waals surface area contributed by atoms with Crippen LogP contribution in [0.15, 0.2) is 51.8 Å². The van der Waals surface area contributed by atoms with Crippen LogP contribution in [0.3, 0.4) is 0 Å². The van der Waals surface area contributed by atoms with Crippen molar-refractivity contribution >= 4 is 50.9 Å². The lowest BCUT2D eigenvalue weighted by Gasteiger charge is -2.17. The molecule has 5 nitrogen and oxygen atoms in total. The molecule has 2 aromatic rings. The zero-order valence-electron chi connectivity index (χ0n) is 13.4. The van der Waals surface area contributed by atoms with E-state index in [4.69, 9.17) is 4.74 Å². The number of hydrogen-bond acceptors (Lipinski definition) is 4. The molecule has 0 radical (unpaired) electrons. The highest BCUT2D eigenvalue weighted by Gasteiger charge is 2.15. The molecule has 1 aliphatic heterocycles. The molecule has 1 aliphatic rings. The molecule has 3 rings (SSSR count). The van der Waals surface area contributed by atoms with Gasteiger partial charge in [-0.2, -0.15) is 0 Å². The summed E-state index contributed by atoms with van der Waals surface area (Å²) in [6.07, 6.45) is 0.988. The maximum atomic E-state index is 12.0. The van der Waals surface area contributed by atoms with Crippen molar-refractivity contribution in [3.8, 4) is 5.75 Å². The monoisotopic (exact) mass is 420 g/mol. The zero-order valence-corrected chi connectivity index (χ0v) is 15.8. The Balaban J connectivity index is 1.45. The van der Waals surface area contributed by atoms with Crippen molar-refractivity contribution in [2.45, 2.75) is 17.7 Å². The number of nitrogens with one attached hydrogen (secondary N) is 2. The van der Waals surface area contributed by atoms with Gasteiger partial charge in [0.15, 0.2) is 0 Å². The molecule has 2 aromatic carbocycles. The standard InChI is InChI=1S/C18H17BrN2O3S/c19-12-3-1-4-14(9-12)24-8-2-5-17(22)20-13-6-7-16-15(10-13)21-18(23)11-25-16/h1,3-4,6-7,9-10H,2,5,8,11H2,(H,20,22)(H,21,23). The molecule has 0 bridgehead atoms. The van der Waals surface area contributed by atoms with Crippen molar-refractivity contribution in [1.82, 2.24) is 0 Å². The van der Waals surface area contributed by atoms with E-state index in [0.717, 1.165) is 20.8 Å². The van der Waals surface area contributed by atoms with Crippen molar-refractivity contribution in [2.24, 2.45) is 0 Å². The van der Waals surface area contributed by atoms with Crippen LogP contribution in [-0.2, 0) is 9.59 Å². The van der Waals surface area contributed by atoms with Gasteiger partial charge in [0.1, 0.15) is 5.75 Å². The first-order valence-electron chi connectivity index (χ1n) is 7.85. The molecule has 2 amide bonds. The number of halogens is 1. The average Bonchev–Trinajstić information content (AvgIpc) is 2.58. The van der Waals surface area contributed by atoms with Crippen LogP contribution in [0.5, 0.6) is 5.75 Å². The fraction of sp³-hybridized carbons (Fsp3) is 0.222. The van der Waals surface area contributed by atoms with Crippen LogP contribution in [0, 0.1) is 0 Å². The molecule has 0 saturated heterocycles. The fourth-order valence-electron chi connectivity index (χ4n) is 2.36. The summed E-state index contributed by atoms with van der Waals surface area (Å²) in [5, 5.41) is 5.67. The van der Waals surface area contributed by atoms with Gasteiger partial charge in [-0.3, -0.25) is 9.59 Å². The summed E-state index contributed by atoms with van der Waals surface area (Å²) in [6.45, 7) is 0.473. The Morgan fingerprint density at radius 1 is 1.28 bits per heavy atom. The molecule has 25 heavy (non-hydrogen) atoms. The number of rotatable bonds is 6. The van der Waals surface area contributed by atoms with Crippen LogP contribution in [0.25, 0.3) is 0 Å². The number of benzene rings is 2. The third-order valence-electron chi connectivity index (χ3n) is 3.51. The SMILES string of the molecule is O=C(CCCOc1cccc(Br)c1)Nc1ccc2c(c1)NC(=O)CS2. The lowest BCUT2D eigenvalue weighted by molar-refractivity contribution is -0.116. The number of carbonyl (C=O) groups is 2. The molecule has 0 saturated carbocycles. The Bertz CT molecular complexity index is 798. The number of amides is 2. The topological polar surface area (TPSA) is 67.4 Å². The van der Waals surface area contributed by atoms with Gasteiger partial charge in [-0.15, -0.1) is 11.8 Å². The Kier molecular flexibility index (Phi) is 5.99. The van der Waals surface area contributed by atoms with Gasteiger partial charge in [0.05, 0.1) is 18.0 Å². The van der Waals surface area contributed by atoms with E-state index in [1.54, 1.807) is 6.07 Å². The van der Waals surface area contributed by atoms with Crippen LogP contribution < -0.4 is 15.4 Å². The van der Waals surface area contributed by atoms with Crippen LogP contribution in [0.1, 0.15) is 12.8 Å². The smallest absolute Gasteiger partial charge is 0.234 e. The van der Waals surface area contributed by atoms with Gasteiger partial charge in [0.2, 0.25) is 11.8 Å². The molecule has 0 spiro atoms. The van der Waals surface area contributed by atoms with Gasteiger partial charge in [0, 0.05) is 21.5 Å². The minimum absolute atomic E-state index is 0.0225. The summed E-state index contributed by atoms with van der Waals surface area (Å²) in [4.78, 5) is 24.5. The molecular weight excluding hydrogens is 404 g/mol. The van der Waals surface area contributed by atoms with Crippen LogP contribution >= 0.6 is 27.7 Å². The number of anilines is 2. The van der Waals surface area contributed by atoms with Gasteiger partial charge >= 0.3 is 0 Å². The van der Waals surface area contributed by atoms with Gasteiger partial charge in [-0.05, 0) is 42.8 Å². The van der Waals surface area contributed by atoms with E-state index >= 15 is 0 Å². The van der Waals surface area contributed by atoms with E-state index in [2.05, 4.69) is 26.6 Å². The van der Waals surface area contributed by atoms with Crippen molar-refractivity contribution in [1.29, 1.82) is 0 Å². The fourth-order valence-corrected chi connectivity index (χ4v) is 3.53. The van der Waals surface area contributed by atoms with Crippen molar-refractivity contribution in [2.75, 3.05) is 23.0 Å². The normalized spacial score (nSPS) is 12.9. The van der Waals surface area contributed by atoms with Crippen LogP contribution in [0.4, 0.5) is 11.4 Å². The highest BCUT2D eigenvalue weighted by Crippen LogP contribution is 2.33. The highest BCUT2D eigenvalue weighted by molar-refractivity contribution is 9.10. The Hall–Kier alpha value is -1.99. The number of carbonyl (C=O) groups excluding carboxylic acids is 2. The van der Waals surface area contributed by atoms with Crippen LogP contribution in [-0.4, -0.2) is 24.2 Å². The number of ether oxygens (including phenoxy) is 1. The molecule has 130 valence electrons. The minimum Gasteiger partial charge on any atom is -0.494 e. The molecule has 2 N–H and O–H groups in total. The summed E-state index contributed by atoms with van der Waals surface area (Å²) in [7, 11) is 0. The quantitative estimate of drug-likeness (QED) is 0.683. The van der Waals surface area contributed by atoms with Crippen LogP contribution in [0.2, 0.25) is 0 Å². The first-order valence-corrected chi connectivity index (χ1v) is 9.63. The van der Waals surface area contributed by atoms with E-state index in [1.807, 2.05) is 36.4 Å². The number of thioether (sulfide) groups is 1. The molecule has 7 heteroatoms. The Labute approximate surface area is 158 Å². The summed E-state index contributed by atoms with van der Waals surface area (Å²) in [5.74, 6) is 1.10. The predicted octanol–water partition coefficient (Wildman–Crippen LogP) is 4.29. The van der Waals surface area contributed by atoms with E-state index in [9.17, 15) is 9.59 Å². The predicted molar refractivity (Wildman–Crippen MR) is 103 cm³/mol. The lowest BCUT2D eigenvalue weighted by Crippen LogP contribution is -2.19. The van der Waals surface area contributed by atoms with Gasteiger partial charge in [-0.25, -0.2) is 0 Å². The second-order valence-corrected chi connectivity index (χ2v) is 7.44. The maximum Gasteiger partial charge on any atom is 0.234 e. The third-order valence-corrected chi connectivity index (χ3v) is 5.08. The summed E-state index contributed by atoms with van der Waals surface area (Å²) < 4.78 is 6.57. The molecule has 0 atom stereocenters. The molecular formula is C18H17BrN2O3S. The Morgan fingerprint density at radius 2 is 2.16 bits per heavy atom. The lowest BCUT2D eigenvalue weighted by atomic mass is 10.2. The second kappa shape index (κ2) is 8.40. The summed E-state index contributed by atoms with van der Waals surface area (Å²) in [6, 6.07) is 13.1. The van der Waals surface area contributed by atoms with Crippen molar-refractivity contribution in [3.05, 3.63) is 46.9 Å². The third kappa shape index (κ3) is 5.24. The largest absolute Gasteiger partial charge is 0.494 e. The molecule has 0 fully saturated rings. The first-order chi connectivity index (χ1) is 12.1. The number of fused-ring (bicyclic) bond motifs is 1. The average molecular weight is 421 g/mol. The highest BCUT2D eigenvalue weighted by atomic mass is 79.9.